The Bertz CT molecular complexity index is 1320. The van der Waals surface area contributed by atoms with Crippen molar-refractivity contribution in [2.24, 2.45) is 11.8 Å². The fourth-order valence-electron chi connectivity index (χ4n) is 4.30. The van der Waals surface area contributed by atoms with Gasteiger partial charge in [-0.25, -0.2) is 9.37 Å². The highest BCUT2D eigenvalue weighted by Crippen LogP contribution is 2.24. The number of aromatic nitrogens is 3. The lowest BCUT2D eigenvalue weighted by Gasteiger charge is -2.33. The van der Waals surface area contributed by atoms with Gasteiger partial charge in [0.1, 0.15) is 5.69 Å². The van der Waals surface area contributed by atoms with Crippen LogP contribution in [0.3, 0.4) is 0 Å². The summed E-state index contributed by atoms with van der Waals surface area (Å²) in [5.41, 5.74) is 1.35. The lowest BCUT2D eigenvalue weighted by molar-refractivity contribution is -0.135. The first-order valence-corrected chi connectivity index (χ1v) is 12.7. The summed E-state index contributed by atoms with van der Waals surface area (Å²) >= 11 is 6.25. The number of benzene rings is 1. The maximum atomic E-state index is 14.7. The number of halogens is 2. The molecule has 3 heterocycles. The van der Waals surface area contributed by atoms with Crippen molar-refractivity contribution in [1.82, 2.24) is 19.7 Å². The lowest BCUT2D eigenvalue weighted by Crippen LogP contribution is -2.40. The van der Waals surface area contributed by atoms with Crippen LogP contribution in [0.1, 0.15) is 54.7 Å². The van der Waals surface area contributed by atoms with E-state index in [0.717, 1.165) is 37.9 Å². The lowest BCUT2D eigenvalue weighted by atomic mass is 9.93. The first-order chi connectivity index (χ1) is 17.8. The maximum Gasteiger partial charge on any atom is 0.276 e. The van der Waals surface area contributed by atoms with Crippen molar-refractivity contribution in [2.75, 3.05) is 18.4 Å². The van der Waals surface area contributed by atoms with Crippen molar-refractivity contribution < 1.29 is 14.0 Å². The largest absolute Gasteiger partial charge is 0.342 e. The first kappa shape index (κ1) is 26.4. The molecule has 0 radical (unpaired) electrons. The molecule has 37 heavy (non-hydrogen) atoms. The van der Waals surface area contributed by atoms with Crippen LogP contribution in [0.25, 0.3) is 0 Å². The van der Waals surface area contributed by atoms with Gasteiger partial charge in [0, 0.05) is 42.9 Å². The Morgan fingerprint density at radius 1 is 1.14 bits per heavy atom. The van der Waals surface area contributed by atoms with Crippen LogP contribution in [-0.2, 0) is 11.3 Å². The highest BCUT2D eigenvalue weighted by molar-refractivity contribution is 6.34. The average molecular weight is 522 g/mol. The van der Waals surface area contributed by atoms with E-state index < -0.39 is 11.7 Å². The summed E-state index contributed by atoms with van der Waals surface area (Å²) in [5.74, 6) is 4.93. The Balaban J connectivity index is 1.36. The third kappa shape index (κ3) is 6.75. The third-order valence-corrected chi connectivity index (χ3v) is 6.65. The number of rotatable bonds is 6. The molecule has 1 saturated heterocycles. The summed E-state index contributed by atoms with van der Waals surface area (Å²) in [6.07, 6.45) is 5.42. The number of hydrogen-bond donors (Lipinski definition) is 1. The number of piperidine rings is 1. The molecule has 2 amide bonds. The van der Waals surface area contributed by atoms with Crippen LogP contribution in [0.4, 0.5) is 10.2 Å². The summed E-state index contributed by atoms with van der Waals surface area (Å²) in [4.78, 5) is 31.1. The molecule has 0 saturated carbocycles. The van der Waals surface area contributed by atoms with Gasteiger partial charge >= 0.3 is 0 Å². The zero-order chi connectivity index (χ0) is 26.4. The smallest absolute Gasteiger partial charge is 0.276 e. The summed E-state index contributed by atoms with van der Waals surface area (Å²) in [7, 11) is 0. The highest BCUT2D eigenvalue weighted by Gasteiger charge is 2.25. The molecule has 1 aromatic carbocycles. The van der Waals surface area contributed by atoms with E-state index in [4.69, 9.17) is 11.6 Å². The molecule has 0 bridgehead atoms. The molecule has 1 fully saturated rings. The normalized spacial score (nSPS) is 13.8. The average Bonchev–Trinajstić information content (AvgIpc) is 3.28. The second-order valence-corrected chi connectivity index (χ2v) is 9.81. The Morgan fingerprint density at radius 3 is 2.51 bits per heavy atom. The van der Waals surface area contributed by atoms with E-state index in [0.29, 0.717) is 18.0 Å². The maximum absolute atomic E-state index is 14.7. The van der Waals surface area contributed by atoms with E-state index in [2.05, 4.69) is 27.2 Å². The van der Waals surface area contributed by atoms with Crippen molar-refractivity contribution in [1.29, 1.82) is 0 Å². The number of aryl methyl sites for hydroxylation is 1. The molecular formula is C28H29ClFN5O2. The minimum Gasteiger partial charge on any atom is -0.342 e. The number of nitrogens with one attached hydrogen (secondary N) is 1. The monoisotopic (exact) mass is 521 g/mol. The number of hydrogen-bond acceptors (Lipinski definition) is 4. The number of carbonyl (C=O) groups is 2. The third-order valence-electron chi connectivity index (χ3n) is 6.38. The van der Waals surface area contributed by atoms with Gasteiger partial charge in [0.2, 0.25) is 5.91 Å². The molecular weight excluding hydrogens is 493 g/mol. The molecule has 1 aliphatic heterocycles. The summed E-state index contributed by atoms with van der Waals surface area (Å²) < 4.78 is 16.2. The Kier molecular flexibility index (Phi) is 8.57. The summed E-state index contributed by atoms with van der Waals surface area (Å²) in [6.45, 7) is 5.80. The molecule has 0 unspecified atom stereocenters. The predicted octanol–water partition coefficient (Wildman–Crippen LogP) is 5.01. The van der Waals surface area contributed by atoms with Gasteiger partial charge in [0.05, 0.1) is 11.2 Å². The first-order valence-electron chi connectivity index (χ1n) is 12.4. The fourth-order valence-corrected chi connectivity index (χ4v) is 4.53. The summed E-state index contributed by atoms with van der Waals surface area (Å²) in [6, 6.07) is 10.6. The van der Waals surface area contributed by atoms with Gasteiger partial charge in [0.15, 0.2) is 11.6 Å². The number of pyridine rings is 1. The van der Waals surface area contributed by atoms with Gasteiger partial charge < -0.3 is 10.2 Å². The number of amides is 2. The van der Waals surface area contributed by atoms with Crippen LogP contribution in [0, 0.1) is 29.5 Å². The number of likely N-dealkylation sites (tertiary alicyclic amines) is 1. The number of anilines is 1. The van der Waals surface area contributed by atoms with Crippen molar-refractivity contribution in [2.45, 2.75) is 39.7 Å². The summed E-state index contributed by atoms with van der Waals surface area (Å²) in [5, 5.41) is 6.93. The quantitative estimate of drug-likeness (QED) is 0.462. The predicted molar refractivity (Wildman–Crippen MR) is 141 cm³/mol. The molecule has 1 N–H and O–H groups in total. The zero-order valence-corrected chi connectivity index (χ0v) is 21.6. The molecule has 0 spiro atoms. The van der Waals surface area contributed by atoms with Crippen molar-refractivity contribution >= 4 is 29.2 Å². The van der Waals surface area contributed by atoms with E-state index in [1.54, 1.807) is 4.68 Å². The molecule has 192 valence electrons. The second kappa shape index (κ2) is 12.0. The van der Waals surface area contributed by atoms with E-state index in [-0.39, 0.29) is 28.4 Å². The van der Waals surface area contributed by atoms with Crippen LogP contribution in [-0.4, -0.2) is 44.6 Å². The van der Waals surface area contributed by atoms with Gasteiger partial charge in [-0.3, -0.25) is 14.3 Å². The van der Waals surface area contributed by atoms with Crippen LogP contribution in [0.5, 0.6) is 0 Å². The molecule has 1 aliphatic rings. The number of nitrogens with zero attached hydrogens (tertiary/aromatic N) is 4. The molecule has 0 atom stereocenters. The topological polar surface area (TPSA) is 80.1 Å². The highest BCUT2D eigenvalue weighted by atomic mass is 35.5. The zero-order valence-electron chi connectivity index (χ0n) is 20.9. The minimum atomic E-state index is -0.696. The molecule has 7 nitrogen and oxygen atoms in total. The van der Waals surface area contributed by atoms with Crippen LogP contribution in [0.15, 0.2) is 48.8 Å². The number of carbonyl (C=O) groups excluding carboxylic acids is 2. The SMILES string of the molecule is CC(C)C(=O)N1CCC(CCn2ncc(Cl)c2C(=O)Nc2ncc(C#Cc3ccccc3)cc2F)CC1. The van der Waals surface area contributed by atoms with Crippen molar-refractivity contribution in [3.05, 3.63) is 76.5 Å². The van der Waals surface area contributed by atoms with Gasteiger partial charge in [-0.05, 0) is 43.4 Å². The Labute approximate surface area is 221 Å². The molecule has 9 heteroatoms. The van der Waals surface area contributed by atoms with Crippen LogP contribution in [0.2, 0.25) is 5.02 Å². The molecule has 2 aromatic heterocycles. The van der Waals surface area contributed by atoms with Gasteiger partial charge in [-0.15, -0.1) is 0 Å². The van der Waals surface area contributed by atoms with E-state index in [1.807, 2.05) is 49.1 Å². The van der Waals surface area contributed by atoms with E-state index in [1.165, 1.54) is 18.5 Å². The van der Waals surface area contributed by atoms with Gasteiger partial charge in [-0.2, -0.15) is 5.10 Å². The van der Waals surface area contributed by atoms with Gasteiger partial charge in [0.25, 0.3) is 5.91 Å². The van der Waals surface area contributed by atoms with Gasteiger partial charge in [-0.1, -0.05) is 55.5 Å². The van der Waals surface area contributed by atoms with Crippen LogP contribution >= 0.6 is 11.6 Å². The molecule has 3 aromatic rings. The van der Waals surface area contributed by atoms with Crippen molar-refractivity contribution in [3.63, 3.8) is 0 Å². The molecule has 0 aliphatic carbocycles. The Hall–Kier alpha value is -3.70. The van der Waals surface area contributed by atoms with Crippen molar-refractivity contribution in [3.8, 4) is 11.8 Å². The van der Waals surface area contributed by atoms with E-state index >= 15 is 0 Å². The van der Waals surface area contributed by atoms with E-state index in [9.17, 15) is 14.0 Å². The minimum absolute atomic E-state index is 0.00147. The second-order valence-electron chi connectivity index (χ2n) is 9.40. The Morgan fingerprint density at radius 2 is 1.84 bits per heavy atom. The molecule has 4 rings (SSSR count). The standard InChI is InChI=1S/C28H29ClFN5O2/c1-19(2)28(37)34-13-10-21(11-14-34)12-15-35-25(23(29)18-32-35)27(36)33-26-24(30)16-22(17-31-26)9-8-20-6-4-3-5-7-20/h3-7,16-19,21H,10-15H2,1-2H3,(H,31,33,36). The van der Waals surface area contributed by atoms with Crippen LogP contribution < -0.4 is 5.32 Å². The fraction of sp³-hybridized carbons (Fsp3) is 0.357.